The maximum Gasteiger partial charge on any atom is 0.235 e. The molecule has 3 nitrogen and oxygen atoms in total. The van der Waals surface area contributed by atoms with Crippen molar-refractivity contribution in [1.82, 2.24) is 14.5 Å². The van der Waals surface area contributed by atoms with E-state index >= 15 is 0 Å². The number of hydrogen-bond donors (Lipinski definition) is 0. The number of fused-ring (bicyclic) bond motifs is 5. The van der Waals surface area contributed by atoms with Crippen LogP contribution < -0.4 is 0 Å². The SMILES string of the molecule is c1ccc(-c2ccc(-c3cc(-c4ccccc4)nc(-n4c5ccccc5c5c6sc(-c7ccccc7)c(-c7ccccc7)c6ccc54)n3)cc2)cc1. The maximum atomic E-state index is 5.33. The fourth-order valence-corrected chi connectivity index (χ4v) is 8.79. The van der Waals surface area contributed by atoms with Gasteiger partial charge < -0.3 is 0 Å². The molecule has 3 aromatic heterocycles. The van der Waals surface area contributed by atoms with Crippen molar-refractivity contribution in [2.24, 2.45) is 0 Å². The number of aromatic nitrogens is 3. The van der Waals surface area contributed by atoms with E-state index in [1.807, 2.05) is 23.5 Å². The molecule has 0 atom stereocenters. The van der Waals surface area contributed by atoms with E-state index in [0.29, 0.717) is 5.95 Å². The Balaban J connectivity index is 1.23. The lowest BCUT2D eigenvalue weighted by atomic mass is 9.98. The molecule has 0 aliphatic rings. The minimum Gasteiger partial charge on any atom is -0.278 e. The summed E-state index contributed by atoms with van der Waals surface area (Å²) in [7, 11) is 0. The van der Waals surface area contributed by atoms with Crippen molar-refractivity contribution in [3.05, 3.63) is 188 Å². The molecule has 0 saturated heterocycles. The number of rotatable bonds is 6. The van der Waals surface area contributed by atoms with Crippen molar-refractivity contribution in [2.45, 2.75) is 0 Å². The molecule has 3 heterocycles. The van der Waals surface area contributed by atoms with Crippen LogP contribution in [0.5, 0.6) is 0 Å². The first-order valence-electron chi connectivity index (χ1n) is 17.5. The zero-order valence-corrected chi connectivity index (χ0v) is 29.0. The molecule has 0 saturated carbocycles. The number of hydrogen-bond acceptors (Lipinski definition) is 3. The van der Waals surface area contributed by atoms with E-state index in [0.717, 1.165) is 33.5 Å². The number of nitrogens with zero attached hydrogens (tertiary/aromatic N) is 3. The predicted molar refractivity (Wildman–Crippen MR) is 219 cm³/mol. The van der Waals surface area contributed by atoms with Crippen LogP contribution in [0.1, 0.15) is 0 Å². The van der Waals surface area contributed by atoms with Crippen molar-refractivity contribution >= 4 is 43.2 Å². The predicted octanol–water partition coefficient (Wildman–Crippen LogP) is 13.1. The highest BCUT2D eigenvalue weighted by Gasteiger charge is 2.23. The van der Waals surface area contributed by atoms with Gasteiger partial charge in [0.15, 0.2) is 0 Å². The molecular formula is C48H31N3S. The van der Waals surface area contributed by atoms with E-state index in [2.05, 4.69) is 180 Å². The van der Waals surface area contributed by atoms with Crippen molar-refractivity contribution in [1.29, 1.82) is 0 Å². The van der Waals surface area contributed by atoms with Gasteiger partial charge >= 0.3 is 0 Å². The maximum absolute atomic E-state index is 5.33. The van der Waals surface area contributed by atoms with Crippen LogP contribution >= 0.6 is 11.3 Å². The van der Waals surface area contributed by atoms with Crippen molar-refractivity contribution in [3.63, 3.8) is 0 Å². The Kier molecular flexibility index (Phi) is 7.33. The average Bonchev–Trinajstić information content (AvgIpc) is 3.79. The van der Waals surface area contributed by atoms with Crippen LogP contribution in [0, 0.1) is 0 Å². The molecule has 0 fully saturated rings. The smallest absolute Gasteiger partial charge is 0.235 e. The van der Waals surface area contributed by atoms with Crippen molar-refractivity contribution < 1.29 is 0 Å². The van der Waals surface area contributed by atoms with Gasteiger partial charge in [0.05, 0.1) is 22.4 Å². The van der Waals surface area contributed by atoms with E-state index in [9.17, 15) is 0 Å². The molecule has 0 amide bonds. The topological polar surface area (TPSA) is 30.7 Å². The molecule has 0 spiro atoms. The number of thiophene rings is 1. The van der Waals surface area contributed by atoms with Crippen LogP contribution in [0.2, 0.25) is 0 Å². The van der Waals surface area contributed by atoms with Gasteiger partial charge in [-0.1, -0.05) is 170 Å². The van der Waals surface area contributed by atoms with Gasteiger partial charge in [-0.05, 0) is 40.5 Å². The first kappa shape index (κ1) is 30.2. The summed E-state index contributed by atoms with van der Waals surface area (Å²) in [6.45, 7) is 0. The Bertz CT molecular complexity index is 2860. The first-order valence-corrected chi connectivity index (χ1v) is 18.3. The van der Waals surface area contributed by atoms with E-state index in [1.54, 1.807) is 0 Å². The van der Waals surface area contributed by atoms with Gasteiger partial charge in [-0.15, -0.1) is 11.3 Å². The summed E-state index contributed by atoms with van der Waals surface area (Å²) in [5.74, 6) is 0.650. The summed E-state index contributed by atoms with van der Waals surface area (Å²) < 4.78 is 3.52. The molecule has 0 radical (unpaired) electrons. The van der Waals surface area contributed by atoms with Gasteiger partial charge in [0.1, 0.15) is 0 Å². The molecular weight excluding hydrogens is 651 g/mol. The summed E-state index contributed by atoms with van der Waals surface area (Å²) in [4.78, 5) is 11.9. The van der Waals surface area contributed by atoms with Gasteiger partial charge in [-0.2, -0.15) is 0 Å². The van der Waals surface area contributed by atoms with E-state index in [-0.39, 0.29) is 0 Å². The Morgan fingerprint density at radius 3 is 1.54 bits per heavy atom. The fourth-order valence-electron chi connectivity index (χ4n) is 7.41. The Hall–Kier alpha value is -6.62. The Morgan fingerprint density at radius 1 is 0.385 bits per heavy atom. The monoisotopic (exact) mass is 681 g/mol. The molecule has 0 aliphatic carbocycles. The molecule has 7 aromatic carbocycles. The Labute approximate surface area is 305 Å². The third kappa shape index (κ3) is 5.12. The highest BCUT2D eigenvalue weighted by molar-refractivity contribution is 7.24. The lowest BCUT2D eigenvalue weighted by Gasteiger charge is -2.12. The van der Waals surface area contributed by atoms with Gasteiger partial charge in [0.2, 0.25) is 5.95 Å². The highest BCUT2D eigenvalue weighted by Crippen LogP contribution is 2.49. The third-order valence-electron chi connectivity index (χ3n) is 9.86. The largest absolute Gasteiger partial charge is 0.278 e. The standard InChI is InChI=1S/C48H31N3S/c1-5-15-32(16-6-1)33-25-27-35(28-26-33)41-31-40(34-17-7-2-8-18-34)49-48(50-41)51-42-24-14-13-23-38(42)45-43(51)30-29-39-44(36-19-9-3-10-20-36)46(52-47(39)45)37-21-11-4-12-22-37/h1-31H. The van der Waals surface area contributed by atoms with Crippen LogP contribution in [0.4, 0.5) is 0 Å². The summed E-state index contributed by atoms with van der Waals surface area (Å²) in [5, 5.41) is 3.66. The van der Waals surface area contributed by atoms with Gasteiger partial charge in [-0.3, -0.25) is 4.57 Å². The molecule has 52 heavy (non-hydrogen) atoms. The van der Waals surface area contributed by atoms with E-state index in [1.165, 1.54) is 53.6 Å². The van der Waals surface area contributed by atoms with Crippen molar-refractivity contribution in [2.75, 3.05) is 0 Å². The second-order valence-electron chi connectivity index (χ2n) is 13.0. The van der Waals surface area contributed by atoms with E-state index in [4.69, 9.17) is 9.97 Å². The van der Waals surface area contributed by atoms with Gasteiger partial charge in [0, 0.05) is 42.4 Å². The number of benzene rings is 7. The summed E-state index contributed by atoms with van der Waals surface area (Å²) in [6.07, 6.45) is 0. The molecule has 0 aliphatic heterocycles. The lowest BCUT2D eigenvalue weighted by molar-refractivity contribution is 0.996. The van der Waals surface area contributed by atoms with Crippen LogP contribution in [0.25, 0.3) is 93.0 Å². The molecule has 0 unspecified atom stereocenters. The molecule has 0 N–H and O–H groups in total. The Morgan fingerprint density at radius 2 is 0.885 bits per heavy atom. The quantitative estimate of drug-likeness (QED) is 0.175. The molecule has 4 heteroatoms. The lowest BCUT2D eigenvalue weighted by Crippen LogP contribution is -2.04. The van der Waals surface area contributed by atoms with Crippen LogP contribution in [0.15, 0.2) is 188 Å². The number of para-hydroxylation sites is 1. The van der Waals surface area contributed by atoms with Crippen molar-refractivity contribution in [3.8, 4) is 61.2 Å². The van der Waals surface area contributed by atoms with E-state index < -0.39 is 0 Å². The second kappa shape index (κ2) is 12.6. The summed E-state index contributed by atoms with van der Waals surface area (Å²) in [5.41, 5.74) is 12.1. The second-order valence-corrected chi connectivity index (χ2v) is 14.0. The van der Waals surface area contributed by atoms with Crippen LogP contribution in [-0.4, -0.2) is 14.5 Å². The molecule has 10 rings (SSSR count). The zero-order chi connectivity index (χ0) is 34.4. The molecule has 0 bridgehead atoms. The minimum absolute atomic E-state index is 0.650. The fraction of sp³-hybridized carbons (Fsp3) is 0. The minimum atomic E-state index is 0.650. The highest BCUT2D eigenvalue weighted by atomic mass is 32.1. The normalized spacial score (nSPS) is 11.5. The molecule has 10 aromatic rings. The summed E-state index contributed by atoms with van der Waals surface area (Å²) >= 11 is 1.87. The van der Waals surface area contributed by atoms with Crippen LogP contribution in [-0.2, 0) is 0 Å². The van der Waals surface area contributed by atoms with Crippen LogP contribution in [0.3, 0.4) is 0 Å². The first-order chi connectivity index (χ1) is 25.8. The third-order valence-corrected chi connectivity index (χ3v) is 11.1. The van der Waals surface area contributed by atoms with Gasteiger partial charge in [0.25, 0.3) is 0 Å². The molecule has 244 valence electrons. The van der Waals surface area contributed by atoms with Gasteiger partial charge in [-0.25, -0.2) is 9.97 Å². The average molecular weight is 682 g/mol. The summed E-state index contributed by atoms with van der Waals surface area (Å²) in [6, 6.07) is 66.5. The zero-order valence-electron chi connectivity index (χ0n) is 28.1.